The van der Waals surface area contributed by atoms with E-state index in [9.17, 15) is 9.59 Å². The van der Waals surface area contributed by atoms with Gasteiger partial charge < -0.3 is 5.32 Å². The summed E-state index contributed by atoms with van der Waals surface area (Å²) in [7, 11) is 0. The molecule has 7 nitrogen and oxygen atoms in total. The van der Waals surface area contributed by atoms with Crippen molar-refractivity contribution in [3.05, 3.63) is 54.5 Å². The van der Waals surface area contributed by atoms with Gasteiger partial charge in [0.1, 0.15) is 5.82 Å². The molecule has 1 aliphatic rings. The molecule has 3 heterocycles. The average Bonchev–Trinajstić information content (AvgIpc) is 2.58. The lowest BCUT2D eigenvalue weighted by molar-refractivity contribution is -0.129. The monoisotopic (exact) mass is 327 g/mol. The zero-order valence-electron chi connectivity index (χ0n) is 12.0. The second kappa shape index (κ2) is 7.01. The van der Waals surface area contributed by atoms with Crippen LogP contribution in [0.4, 0.5) is 5.82 Å². The van der Waals surface area contributed by atoms with Crippen LogP contribution in [0, 0.1) is 0 Å². The summed E-state index contributed by atoms with van der Waals surface area (Å²) < 4.78 is 0. The fraction of sp³-hybridized carbons (Fsp3) is 0.133. The third kappa shape index (κ3) is 3.92. The highest BCUT2D eigenvalue weighted by atomic mass is 32.2. The molecule has 1 aliphatic heterocycles. The summed E-state index contributed by atoms with van der Waals surface area (Å²) in [6.45, 7) is 0.308. The molecule has 0 unspecified atom stereocenters. The topological polar surface area (TPSA) is 87.6 Å². The SMILES string of the molecule is O=C(Nc1ccccn1)C1=NN(Cc2ccncc2)C(=O)CS1. The number of amides is 2. The summed E-state index contributed by atoms with van der Waals surface area (Å²) >= 11 is 1.12. The third-order valence-corrected chi connectivity index (χ3v) is 3.95. The van der Waals surface area contributed by atoms with Crippen molar-refractivity contribution in [3.8, 4) is 0 Å². The minimum absolute atomic E-state index is 0.138. The minimum Gasteiger partial charge on any atom is -0.305 e. The maximum Gasteiger partial charge on any atom is 0.283 e. The number of carbonyl (C=O) groups excluding carboxylic acids is 2. The number of pyridine rings is 2. The lowest BCUT2D eigenvalue weighted by Crippen LogP contribution is -2.35. The van der Waals surface area contributed by atoms with E-state index < -0.39 is 0 Å². The number of aromatic nitrogens is 2. The van der Waals surface area contributed by atoms with Crippen molar-refractivity contribution in [2.75, 3.05) is 11.1 Å². The fourth-order valence-corrected chi connectivity index (χ4v) is 2.65. The quantitative estimate of drug-likeness (QED) is 0.919. The van der Waals surface area contributed by atoms with Crippen LogP contribution in [0.2, 0.25) is 0 Å². The Bertz CT molecular complexity index is 736. The maximum absolute atomic E-state index is 12.2. The molecule has 116 valence electrons. The van der Waals surface area contributed by atoms with Gasteiger partial charge in [-0.05, 0) is 29.8 Å². The van der Waals surface area contributed by atoms with Crippen LogP contribution in [0.15, 0.2) is 54.0 Å². The number of thioether (sulfide) groups is 1. The first-order chi connectivity index (χ1) is 11.2. The molecule has 2 amide bonds. The number of nitrogens with zero attached hydrogens (tertiary/aromatic N) is 4. The second-order valence-electron chi connectivity index (χ2n) is 4.67. The maximum atomic E-state index is 12.2. The van der Waals surface area contributed by atoms with E-state index in [1.165, 1.54) is 5.01 Å². The number of hydrogen-bond acceptors (Lipinski definition) is 6. The molecule has 0 saturated heterocycles. The van der Waals surface area contributed by atoms with Crippen LogP contribution in [-0.4, -0.2) is 37.6 Å². The highest BCUT2D eigenvalue weighted by molar-refractivity contribution is 8.16. The fourth-order valence-electron chi connectivity index (χ4n) is 1.90. The largest absolute Gasteiger partial charge is 0.305 e. The van der Waals surface area contributed by atoms with Crippen molar-refractivity contribution in [3.63, 3.8) is 0 Å². The molecule has 0 atom stereocenters. The lowest BCUT2D eigenvalue weighted by Gasteiger charge is -2.22. The van der Waals surface area contributed by atoms with Gasteiger partial charge in [0.2, 0.25) is 0 Å². The molecule has 0 saturated carbocycles. The summed E-state index contributed by atoms with van der Waals surface area (Å²) in [5.41, 5.74) is 0.897. The molecule has 3 rings (SSSR count). The molecule has 2 aromatic heterocycles. The molecule has 2 aromatic rings. The number of hydrogen-bond donors (Lipinski definition) is 1. The Morgan fingerprint density at radius 1 is 1.22 bits per heavy atom. The van der Waals surface area contributed by atoms with Gasteiger partial charge in [0.05, 0.1) is 12.3 Å². The Kier molecular flexibility index (Phi) is 4.62. The van der Waals surface area contributed by atoms with Gasteiger partial charge in [0, 0.05) is 18.6 Å². The Morgan fingerprint density at radius 3 is 2.78 bits per heavy atom. The van der Waals surface area contributed by atoms with Crippen LogP contribution >= 0.6 is 11.8 Å². The molecule has 0 fully saturated rings. The predicted molar refractivity (Wildman–Crippen MR) is 87.5 cm³/mol. The van der Waals surface area contributed by atoms with Crippen LogP contribution < -0.4 is 5.32 Å². The van der Waals surface area contributed by atoms with Gasteiger partial charge in [0.15, 0.2) is 5.04 Å². The highest BCUT2D eigenvalue weighted by Gasteiger charge is 2.25. The summed E-state index contributed by atoms with van der Waals surface area (Å²) in [5.74, 6) is 0.111. The summed E-state index contributed by atoms with van der Waals surface area (Å²) in [5, 5.41) is 8.36. The Labute approximate surface area is 136 Å². The van der Waals surface area contributed by atoms with E-state index in [0.29, 0.717) is 12.4 Å². The van der Waals surface area contributed by atoms with Crippen LogP contribution in [-0.2, 0) is 16.1 Å². The van der Waals surface area contributed by atoms with Crippen LogP contribution in [0.3, 0.4) is 0 Å². The Hall–Kier alpha value is -2.74. The number of hydrazone groups is 1. The van der Waals surface area contributed by atoms with Crippen LogP contribution in [0.1, 0.15) is 5.56 Å². The molecule has 0 aliphatic carbocycles. The van der Waals surface area contributed by atoms with Crippen molar-refractivity contribution in [1.29, 1.82) is 0 Å². The van der Waals surface area contributed by atoms with Crippen molar-refractivity contribution < 1.29 is 9.59 Å². The Morgan fingerprint density at radius 2 is 2.04 bits per heavy atom. The van der Waals surface area contributed by atoms with Gasteiger partial charge in [-0.2, -0.15) is 5.10 Å². The molecule has 0 spiro atoms. The van der Waals surface area contributed by atoms with E-state index in [-0.39, 0.29) is 22.6 Å². The molecule has 23 heavy (non-hydrogen) atoms. The Balaban J connectivity index is 1.73. The van der Waals surface area contributed by atoms with Gasteiger partial charge in [-0.3, -0.25) is 14.6 Å². The van der Waals surface area contributed by atoms with Crippen molar-refractivity contribution in [2.45, 2.75) is 6.54 Å². The van der Waals surface area contributed by atoms with E-state index in [4.69, 9.17) is 0 Å². The van der Waals surface area contributed by atoms with Crippen LogP contribution in [0.25, 0.3) is 0 Å². The van der Waals surface area contributed by atoms with Crippen molar-refractivity contribution in [1.82, 2.24) is 15.0 Å². The average molecular weight is 327 g/mol. The standard InChI is InChI=1S/C15H13N5O2S/c21-13-10-23-15(14(22)18-12-3-1-2-6-17-12)19-20(13)9-11-4-7-16-8-5-11/h1-8H,9-10H2,(H,17,18,22). The summed E-state index contributed by atoms with van der Waals surface area (Å²) in [4.78, 5) is 32.1. The molecule has 1 N–H and O–H groups in total. The van der Waals surface area contributed by atoms with E-state index in [1.807, 2.05) is 0 Å². The lowest BCUT2D eigenvalue weighted by atomic mass is 10.2. The van der Waals surface area contributed by atoms with Crippen molar-refractivity contribution >= 4 is 34.4 Å². The van der Waals surface area contributed by atoms with E-state index in [2.05, 4.69) is 20.4 Å². The molecular formula is C15H13N5O2S. The first kappa shape index (κ1) is 15.2. The number of nitrogens with one attached hydrogen (secondary N) is 1. The smallest absolute Gasteiger partial charge is 0.283 e. The van der Waals surface area contributed by atoms with Crippen LogP contribution in [0.5, 0.6) is 0 Å². The van der Waals surface area contributed by atoms with Gasteiger partial charge in [-0.15, -0.1) is 0 Å². The normalized spacial score (nSPS) is 14.3. The van der Waals surface area contributed by atoms with E-state index >= 15 is 0 Å². The van der Waals surface area contributed by atoms with Gasteiger partial charge in [-0.1, -0.05) is 17.8 Å². The number of rotatable bonds is 4. The van der Waals surface area contributed by atoms with Gasteiger partial charge in [0.25, 0.3) is 11.8 Å². The van der Waals surface area contributed by atoms with E-state index in [1.54, 1.807) is 48.9 Å². The zero-order valence-corrected chi connectivity index (χ0v) is 12.9. The third-order valence-electron chi connectivity index (χ3n) is 3.01. The van der Waals surface area contributed by atoms with Gasteiger partial charge >= 0.3 is 0 Å². The highest BCUT2D eigenvalue weighted by Crippen LogP contribution is 2.18. The first-order valence-electron chi connectivity index (χ1n) is 6.85. The van der Waals surface area contributed by atoms with Crippen molar-refractivity contribution in [2.24, 2.45) is 5.10 Å². The molecule has 8 heteroatoms. The summed E-state index contributed by atoms with van der Waals surface area (Å²) in [6, 6.07) is 8.83. The van der Waals surface area contributed by atoms with Gasteiger partial charge in [-0.25, -0.2) is 9.99 Å². The second-order valence-corrected chi connectivity index (χ2v) is 5.63. The molecule has 0 aromatic carbocycles. The number of anilines is 1. The molecular weight excluding hydrogens is 314 g/mol. The summed E-state index contributed by atoms with van der Waals surface area (Å²) in [6.07, 6.45) is 4.89. The molecule has 0 radical (unpaired) electrons. The predicted octanol–water partition coefficient (Wildman–Crippen LogP) is 1.50. The van der Waals surface area contributed by atoms with E-state index in [0.717, 1.165) is 17.3 Å². The zero-order chi connectivity index (χ0) is 16.1. The number of carbonyl (C=O) groups is 2. The first-order valence-corrected chi connectivity index (χ1v) is 7.84. The molecule has 0 bridgehead atoms. The minimum atomic E-state index is -0.374.